The molecule has 0 radical (unpaired) electrons. The normalized spacial score (nSPS) is 10.6. The maximum atomic E-state index is 13.9. The third-order valence-electron chi connectivity index (χ3n) is 3.38. The fourth-order valence-corrected chi connectivity index (χ4v) is 2.31. The third-order valence-corrected chi connectivity index (χ3v) is 3.38. The quantitative estimate of drug-likeness (QED) is 0.696. The van der Waals surface area contributed by atoms with Gasteiger partial charge in [0.2, 0.25) is 0 Å². The zero-order chi connectivity index (χ0) is 14.8. The second kappa shape index (κ2) is 5.40. The molecule has 4 heteroatoms. The highest BCUT2D eigenvalue weighted by atomic mass is 19.1. The Balaban J connectivity index is 2.19. The van der Waals surface area contributed by atoms with Crippen molar-refractivity contribution in [1.82, 2.24) is 10.2 Å². The summed E-state index contributed by atoms with van der Waals surface area (Å²) in [6.45, 7) is 1.94. The van der Waals surface area contributed by atoms with E-state index in [9.17, 15) is 8.78 Å². The second-order valence-electron chi connectivity index (χ2n) is 4.76. The Morgan fingerprint density at radius 2 is 1.62 bits per heavy atom. The monoisotopic (exact) mass is 282 g/mol. The van der Waals surface area contributed by atoms with Gasteiger partial charge in [-0.3, -0.25) is 0 Å². The zero-order valence-corrected chi connectivity index (χ0v) is 11.3. The molecule has 0 spiro atoms. The van der Waals surface area contributed by atoms with E-state index in [4.69, 9.17) is 0 Å². The van der Waals surface area contributed by atoms with Crippen molar-refractivity contribution in [3.63, 3.8) is 0 Å². The summed E-state index contributed by atoms with van der Waals surface area (Å²) in [5.74, 6) is -1.14. The van der Waals surface area contributed by atoms with Crippen molar-refractivity contribution in [2.45, 2.75) is 6.92 Å². The average Bonchev–Trinajstić information content (AvgIpc) is 2.49. The van der Waals surface area contributed by atoms with Gasteiger partial charge in [0, 0.05) is 5.56 Å². The third kappa shape index (κ3) is 2.52. The summed E-state index contributed by atoms with van der Waals surface area (Å²) in [6, 6.07) is 11.0. The molecule has 1 heterocycles. The van der Waals surface area contributed by atoms with Gasteiger partial charge in [0.25, 0.3) is 0 Å². The van der Waals surface area contributed by atoms with Gasteiger partial charge in [0.1, 0.15) is 11.6 Å². The lowest BCUT2D eigenvalue weighted by Crippen LogP contribution is -1.92. The molecule has 0 amide bonds. The largest absolute Gasteiger partial charge is 0.206 e. The van der Waals surface area contributed by atoms with E-state index in [1.165, 1.54) is 18.2 Å². The Hall–Kier alpha value is -2.62. The number of halogens is 2. The van der Waals surface area contributed by atoms with Gasteiger partial charge in [-0.15, -0.1) is 0 Å². The van der Waals surface area contributed by atoms with Gasteiger partial charge < -0.3 is 0 Å². The van der Waals surface area contributed by atoms with E-state index in [-0.39, 0.29) is 5.56 Å². The first-order valence-electron chi connectivity index (χ1n) is 6.49. The Kier molecular flexibility index (Phi) is 3.44. The summed E-state index contributed by atoms with van der Waals surface area (Å²) in [5, 5.41) is 7.58. The van der Waals surface area contributed by atoms with Gasteiger partial charge in [-0.05, 0) is 47.9 Å². The maximum absolute atomic E-state index is 13.9. The molecule has 2 aromatic carbocycles. The van der Waals surface area contributed by atoms with Gasteiger partial charge in [-0.25, -0.2) is 8.78 Å². The number of rotatable bonds is 2. The number of aromatic nitrogens is 2. The van der Waals surface area contributed by atoms with Crippen LogP contribution >= 0.6 is 0 Å². The van der Waals surface area contributed by atoms with Crippen molar-refractivity contribution >= 4 is 0 Å². The molecule has 2 nitrogen and oxygen atoms in total. The van der Waals surface area contributed by atoms with Crippen LogP contribution in [0.15, 0.2) is 54.9 Å². The highest BCUT2D eigenvalue weighted by molar-refractivity contribution is 5.75. The Bertz CT molecular complexity index is 766. The van der Waals surface area contributed by atoms with E-state index in [1.54, 1.807) is 24.5 Å². The summed E-state index contributed by atoms with van der Waals surface area (Å²) in [5.41, 5.74) is 3.23. The molecule has 1 aromatic heterocycles. The van der Waals surface area contributed by atoms with Crippen LogP contribution in [0.3, 0.4) is 0 Å². The minimum absolute atomic E-state index is 0.0132. The van der Waals surface area contributed by atoms with E-state index in [2.05, 4.69) is 10.2 Å². The molecule has 3 aromatic rings. The molecule has 0 bridgehead atoms. The van der Waals surface area contributed by atoms with Crippen molar-refractivity contribution in [1.29, 1.82) is 0 Å². The number of aryl methyl sites for hydroxylation is 1. The summed E-state index contributed by atoms with van der Waals surface area (Å²) in [7, 11) is 0. The van der Waals surface area contributed by atoms with E-state index in [1.807, 2.05) is 19.1 Å². The van der Waals surface area contributed by atoms with E-state index in [0.717, 1.165) is 16.7 Å². The van der Waals surface area contributed by atoms with Crippen LogP contribution in [0.1, 0.15) is 5.56 Å². The maximum Gasteiger partial charge on any atom is 0.133 e. The van der Waals surface area contributed by atoms with Crippen LogP contribution in [0.25, 0.3) is 22.3 Å². The van der Waals surface area contributed by atoms with Crippen molar-refractivity contribution < 1.29 is 8.78 Å². The topological polar surface area (TPSA) is 25.8 Å². The molecule has 3 rings (SSSR count). The molecule has 0 saturated carbocycles. The van der Waals surface area contributed by atoms with Crippen LogP contribution < -0.4 is 0 Å². The first kappa shape index (κ1) is 13.4. The van der Waals surface area contributed by atoms with Crippen molar-refractivity contribution in [2.75, 3.05) is 0 Å². The van der Waals surface area contributed by atoms with Crippen LogP contribution in [0, 0.1) is 18.6 Å². The molecule has 0 atom stereocenters. The SMILES string of the molecule is Cc1ccc(-c2c(F)cccc2F)cc1-c1ccnnc1. The lowest BCUT2D eigenvalue weighted by molar-refractivity contribution is 0.589. The molecule has 0 saturated heterocycles. The van der Waals surface area contributed by atoms with E-state index in [0.29, 0.717) is 5.56 Å². The van der Waals surface area contributed by atoms with Gasteiger partial charge in [0.15, 0.2) is 0 Å². The summed E-state index contributed by atoms with van der Waals surface area (Å²) in [4.78, 5) is 0. The van der Waals surface area contributed by atoms with Gasteiger partial charge >= 0.3 is 0 Å². The number of benzene rings is 2. The molecule has 0 aliphatic heterocycles. The fraction of sp³-hybridized carbons (Fsp3) is 0.0588. The summed E-state index contributed by atoms with van der Waals surface area (Å²) < 4.78 is 27.8. The smallest absolute Gasteiger partial charge is 0.133 e. The molecule has 0 aliphatic rings. The number of nitrogens with zero attached hydrogens (tertiary/aromatic N) is 2. The number of hydrogen-bond donors (Lipinski definition) is 0. The van der Waals surface area contributed by atoms with Crippen LogP contribution in [-0.2, 0) is 0 Å². The molecular weight excluding hydrogens is 270 g/mol. The van der Waals surface area contributed by atoms with Crippen molar-refractivity contribution in [3.05, 3.63) is 72.1 Å². The highest BCUT2D eigenvalue weighted by Crippen LogP contribution is 2.31. The molecule has 0 unspecified atom stereocenters. The highest BCUT2D eigenvalue weighted by Gasteiger charge is 2.12. The molecule has 0 N–H and O–H groups in total. The van der Waals surface area contributed by atoms with Crippen LogP contribution in [0.2, 0.25) is 0 Å². The fourth-order valence-electron chi connectivity index (χ4n) is 2.31. The minimum atomic E-state index is -0.572. The Morgan fingerprint density at radius 1 is 0.857 bits per heavy atom. The summed E-state index contributed by atoms with van der Waals surface area (Å²) in [6.07, 6.45) is 3.22. The Morgan fingerprint density at radius 3 is 2.29 bits per heavy atom. The molecular formula is C17H12F2N2. The molecule has 21 heavy (non-hydrogen) atoms. The zero-order valence-electron chi connectivity index (χ0n) is 11.3. The van der Waals surface area contributed by atoms with Gasteiger partial charge in [0.05, 0.1) is 18.0 Å². The van der Waals surface area contributed by atoms with Crippen LogP contribution in [-0.4, -0.2) is 10.2 Å². The lowest BCUT2D eigenvalue weighted by Gasteiger charge is -2.10. The van der Waals surface area contributed by atoms with Gasteiger partial charge in [-0.2, -0.15) is 10.2 Å². The van der Waals surface area contributed by atoms with E-state index < -0.39 is 11.6 Å². The average molecular weight is 282 g/mol. The van der Waals surface area contributed by atoms with E-state index >= 15 is 0 Å². The standard InChI is InChI=1S/C17H12F2N2/c1-11-5-6-12(17-15(18)3-2-4-16(17)19)9-14(11)13-7-8-20-21-10-13/h2-10H,1H3. The van der Waals surface area contributed by atoms with Gasteiger partial charge in [-0.1, -0.05) is 18.2 Å². The predicted octanol–water partition coefficient (Wildman–Crippen LogP) is 4.40. The Labute approximate surface area is 121 Å². The molecule has 0 aliphatic carbocycles. The second-order valence-corrected chi connectivity index (χ2v) is 4.76. The summed E-state index contributed by atoms with van der Waals surface area (Å²) >= 11 is 0. The number of hydrogen-bond acceptors (Lipinski definition) is 2. The lowest BCUT2D eigenvalue weighted by atomic mass is 9.96. The van der Waals surface area contributed by atoms with Crippen LogP contribution in [0.4, 0.5) is 8.78 Å². The van der Waals surface area contributed by atoms with Crippen molar-refractivity contribution in [2.24, 2.45) is 0 Å². The minimum Gasteiger partial charge on any atom is -0.206 e. The first-order valence-corrected chi connectivity index (χ1v) is 6.49. The molecule has 104 valence electrons. The first-order chi connectivity index (χ1) is 10.2. The molecule has 0 fully saturated rings. The van der Waals surface area contributed by atoms with Crippen LogP contribution in [0.5, 0.6) is 0 Å². The predicted molar refractivity (Wildman–Crippen MR) is 77.6 cm³/mol. The van der Waals surface area contributed by atoms with Crippen molar-refractivity contribution in [3.8, 4) is 22.3 Å².